The summed E-state index contributed by atoms with van der Waals surface area (Å²) in [6.07, 6.45) is 0.995. The van der Waals surface area contributed by atoms with Crippen molar-refractivity contribution < 1.29 is 27.6 Å². The number of nitrogens with zero attached hydrogens (tertiary/aromatic N) is 1. The summed E-state index contributed by atoms with van der Waals surface area (Å²) in [5.74, 6) is 1.35. The average Bonchev–Trinajstić information content (AvgIpc) is 2.64. The topological polar surface area (TPSA) is 117 Å². The fourth-order valence-electron chi connectivity index (χ4n) is 2.48. The first-order valence-corrected chi connectivity index (χ1v) is 9.61. The van der Waals surface area contributed by atoms with Crippen LogP contribution in [0.1, 0.15) is 5.56 Å². The zero-order valence-electron chi connectivity index (χ0n) is 15.3. The van der Waals surface area contributed by atoms with Gasteiger partial charge >= 0.3 is 0 Å². The molecule has 0 aliphatic rings. The van der Waals surface area contributed by atoms with Gasteiger partial charge in [-0.2, -0.15) is 0 Å². The molecule has 0 radical (unpaired) electrons. The number of benzene rings is 2. The number of rotatable bonds is 8. The number of nitro benzene ring substituents is 1. The third-order valence-electron chi connectivity index (χ3n) is 3.80. The lowest BCUT2D eigenvalue weighted by atomic mass is 10.1. The lowest BCUT2D eigenvalue weighted by Crippen LogP contribution is -2.06. The number of nitrogens with one attached hydrogen (secondary N) is 1. The zero-order chi connectivity index (χ0) is 20.2. The third kappa shape index (κ3) is 4.59. The van der Waals surface area contributed by atoms with Crippen LogP contribution in [0.5, 0.6) is 17.2 Å². The average molecular weight is 396 g/mol. The van der Waals surface area contributed by atoms with E-state index in [0.29, 0.717) is 17.2 Å². The zero-order valence-corrected chi connectivity index (χ0v) is 16.1. The Bertz CT molecular complexity index is 933. The summed E-state index contributed by atoms with van der Waals surface area (Å²) in [5, 5.41) is 14.3. The van der Waals surface area contributed by atoms with Gasteiger partial charge in [-0.1, -0.05) is 0 Å². The van der Waals surface area contributed by atoms with Crippen molar-refractivity contribution in [3.05, 3.63) is 46.0 Å². The third-order valence-corrected chi connectivity index (χ3v) is 4.91. The van der Waals surface area contributed by atoms with Crippen LogP contribution in [-0.2, 0) is 16.4 Å². The first kappa shape index (κ1) is 20.3. The van der Waals surface area contributed by atoms with Crippen molar-refractivity contribution >= 4 is 21.2 Å². The van der Waals surface area contributed by atoms with Crippen molar-refractivity contribution in [1.82, 2.24) is 0 Å². The highest BCUT2D eigenvalue weighted by atomic mass is 32.2. The molecule has 2 rings (SSSR count). The van der Waals surface area contributed by atoms with Crippen LogP contribution in [0.2, 0.25) is 0 Å². The van der Waals surface area contributed by atoms with E-state index in [-0.39, 0.29) is 22.8 Å². The molecule has 27 heavy (non-hydrogen) atoms. The van der Waals surface area contributed by atoms with Crippen LogP contribution in [0.15, 0.2) is 35.2 Å². The molecule has 146 valence electrons. The molecule has 10 heteroatoms. The number of sulfone groups is 1. The molecule has 0 spiro atoms. The fraction of sp³-hybridized carbons (Fsp3) is 0.294. The molecule has 0 saturated carbocycles. The van der Waals surface area contributed by atoms with Gasteiger partial charge in [-0.05, 0) is 29.8 Å². The quantitative estimate of drug-likeness (QED) is 0.534. The van der Waals surface area contributed by atoms with E-state index in [2.05, 4.69) is 5.32 Å². The molecule has 0 amide bonds. The van der Waals surface area contributed by atoms with Crippen molar-refractivity contribution in [3.63, 3.8) is 0 Å². The highest BCUT2D eigenvalue weighted by Crippen LogP contribution is 2.38. The highest BCUT2D eigenvalue weighted by Gasteiger charge is 2.19. The maximum Gasteiger partial charge on any atom is 0.293 e. The van der Waals surface area contributed by atoms with Crippen molar-refractivity contribution in [3.8, 4) is 17.2 Å². The molecule has 0 heterocycles. The Morgan fingerprint density at radius 3 is 2.07 bits per heavy atom. The van der Waals surface area contributed by atoms with Crippen molar-refractivity contribution in [2.24, 2.45) is 0 Å². The first-order valence-electron chi connectivity index (χ1n) is 7.72. The summed E-state index contributed by atoms with van der Waals surface area (Å²) in [5.41, 5.74) is 0.595. The van der Waals surface area contributed by atoms with E-state index < -0.39 is 14.8 Å². The summed E-state index contributed by atoms with van der Waals surface area (Å²) >= 11 is 0. The monoisotopic (exact) mass is 396 g/mol. The lowest BCUT2D eigenvalue weighted by molar-refractivity contribution is -0.384. The fourth-order valence-corrected chi connectivity index (χ4v) is 3.12. The maximum absolute atomic E-state index is 11.6. The molecule has 0 aliphatic heterocycles. The predicted molar refractivity (Wildman–Crippen MR) is 99.6 cm³/mol. The van der Waals surface area contributed by atoms with Gasteiger partial charge in [0.25, 0.3) is 5.69 Å². The van der Waals surface area contributed by atoms with Gasteiger partial charge in [0.1, 0.15) is 5.69 Å². The van der Waals surface area contributed by atoms with Crippen LogP contribution in [0, 0.1) is 10.1 Å². The first-order chi connectivity index (χ1) is 12.7. The van der Waals surface area contributed by atoms with Gasteiger partial charge in [-0.25, -0.2) is 8.42 Å². The van der Waals surface area contributed by atoms with Crippen molar-refractivity contribution in [2.75, 3.05) is 32.9 Å². The predicted octanol–water partition coefficient (Wildman–Crippen LogP) is 2.64. The van der Waals surface area contributed by atoms with Crippen LogP contribution in [-0.4, -0.2) is 40.9 Å². The molecule has 9 nitrogen and oxygen atoms in total. The number of anilines is 1. The van der Waals surface area contributed by atoms with E-state index in [0.717, 1.165) is 17.9 Å². The van der Waals surface area contributed by atoms with E-state index in [1.54, 1.807) is 12.1 Å². The van der Waals surface area contributed by atoms with Crippen molar-refractivity contribution in [1.29, 1.82) is 0 Å². The summed E-state index contributed by atoms with van der Waals surface area (Å²) in [4.78, 5) is 10.6. The molecule has 2 aromatic carbocycles. The van der Waals surface area contributed by atoms with Crippen LogP contribution in [0.25, 0.3) is 0 Å². The maximum atomic E-state index is 11.6. The van der Waals surface area contributed by atoms with E-state index in [1.165, 1.54) is 33.5 Å². The van der Waals surface area contributed by atoms with E-state index in [4.69, 9.17) is 14.2 Å². The van der Waals surface area contributed by atoms with E-state index in [9.17, 15) is 18.5 Å². The molecule has 2 aromatic rings. The second-order valence-corrected chi connectivity index (χ2v) is 7.61. The van der Waals surface area contributed by atoms with Gasteiger partial charge in [-0.15, -0.1) is 0 Å². The molecule has 1 N–H and O–H groups in total. The molecule has 0 unspecified atom stereocenters. The molecule has 0 aromatic heterocycles. The minimum absolute atomic E-state index is 0.118. The molecular weight excluding hydrogens is 376 g/mol. The van der Waals surface area contributed by atoms with Gasteiger partial charge in [0.15, 0.2) is 21.3 Å². The Morgan fingerprint density at radius 1 is 1.04 bits per heavy atom. The molecule has 0 atom stereocenters. The second-order valence-electron chi connectivity index (χ2n) is 5.60. The standard InChI is InChI=1S/C17H20N2O7S/c1-24-15-7-11(8-16(25-2)17(15)26-3)10-18-13-6-5-12(27(4,22)23)9-14(13)19(20)21/h5-9,18H,10H2,1-4H3. The molecular formula is C17H20N2O7S. The molecule has 0 saturated heterocycles. The molecule has 0 fully saturated rings. The number of hydrogen-bond acceptors (Lipinski definition) is 8. The summed E-state index contributed by atoms with van der Waals surface area (Å²) in [6, 6.07) is 7.15. The molecule has 0 aliphatic carbocycles. The largest absolute Gasteiger partial charge is 0.493 e. The minimum atomic E-state index is -3.55. The summed E-state index contributed by atoms with van der Waals surface area (Å²) in [7, 11) is 0.922. The summed E-state index contributed by atoms with van der Waals surface area (Å²) in [6.45, 7) is 0.218. The number of hydrogen-bond donors (Lipinski definition) is 1. The smallest absolute Gasteiger partial charge is 0.293 e. The van der Waals surface area contributed by atoms with Gasteiger partial charge in [0, 0.05) is 18.9 Å². The number of nitro groups is 1. The Balaban J connectivity index is 2.35. The van der Waals surface area contributed by atoms with E-state index >= 15 is 0 Å². The van der Waals surface area contributed by atoms with Crippen LogP contribution in [0.3, 0.4) is 0 Å². The Kier molecular flexibility index (Phi) is 6.11. The van der Waals surface area contributed by atoms with Gasteiger partial charge in [-0.3, -0.25) is 10.1 Å². The Hall–Kier alpha value is -3.01. The Morgan fingerprint density at radius 2 is 1.63 bits per heavy atom. The van der Waals surface area contributed by atoms with Crippen molar-refractivity contribution in [2.45, 2.75) is 11.4 Å². The molecule has 0 bridgehead atoms. The van der Waals surface area contributed by atoms with Gasteiger partial charge in [0.2, 0.25) is 5.75 Å². The normalized spacial score (nSPS) is 11.0. The van der Waals surface area contributed by atoms with Crippen LogP contribution >= 0.6 is 0 Å². The lowest BCUT2D eigenvalue weighted by Gasteiger charge is -2.15. The number of methoxy groups -OCH3 is 3. The highest BCUT2D eigenvalue weighted by molar-refractivity contribution is 7.90. The van der Waals surface area contributed by atoms with Gasteiger partial charge < -0.3 is 19.5 Å². The number of ether oxygens (including phenoxy) is 3. The minimum Gasteiger partial charge on any atom is -0.493 e. The SMILES string of the molecule is COc1cc(CNc2ccc(S(C)(=O)=O)cc2[N+](=O)[O-])cc(OC)c1OC. The second kappa shape index (κ2) is 8.12. The van der Waals surface area contributed by atoms with Crippen LogP contribution < -0.4 is 19.5 Å². The van der Waals surface area contributed by atoms with E-state index in [1.807, 2.05) is 0 Å². The Labute approximate surface area is 156 Å². The van der Waals surface area contributed by atoms with Crippen LogP contribution in [0.4, 0.5) is 11.4 Å². The summed E-state index contributed by atoms with van der Waals surface area (Å²) < 4.78 is 39.0. The van der Waals surface area contributed by atoms with Gasteiger partial charge in [0.05, 0.1) is 31.1 Å².